The van der Waals surface area contributed by atoms with Gasteiger partial charge in [-0.05, 0) is 43.1 Å². The molecule has 0 aliphatic carbocycles. The lowest BCUT2D eigenvalue weighted by atomic mass is 9.83. The normalized spacial score (nSPS) is 11.8. The van der Waals surface area contributed by atoms with Gasteiger partial charge >= 0.3 is 0 Å². The number of rotatable bonds is 7. The number of hydrogen-bond donors (Lipinski definition) is 0. The largest absolute Gasteiger partial charge is 0.496 e. The van der Waals surface area contributed by atoms with Gasteiger partial charge in [-0.2, -0.15) is 0 Å². The number of ether oxygens (including phenoxy) is 1. The Morgan fingerprint density at radius 1 is 1.18 bits per heavy atom. The molecule has 0 aliphatic heterocycles. The van der Waals surface area contributed by atoms with Crippen LogP contribution in [0.25, 0.3) is 0 Å². The van der Waals surface area contributed by atoms with Gasteiger partial charge in [0.2, 0.25) is 0 Å². The molecule has 1 rings (SSSR count). The molecule has 0 saturated carbocycles. The Labute approximate surface area is 135 Å². The van der Waals surface area contributed by atoms with E-state index >= 15 is 0 Å². The van der Waals surface area contributed by atoms with Crippen LogP contribution in [0.5, 0.6) is 5.75 Å². The minimum absolute atomic E-state index is 0.0487. The fourth-order valence-electron chi connectivity index (χ4n) is 2.67. The SMILES string of the molecule is CCN(CC)CCC(=O)c1cc(C(C)(C)C)c(OC)cc1C. The molecule has 0 atom stereocenters. The molecular formula is C19H31NO2. The molecule has 0 saturated heterocycles. The molecule has 0 bridgehead atoms. The minimum atomic E-state index is -0.0487. The quantitative estimate of drug-likeness (QED) is 0.707. The van der Waals surface area contributed by atoms with E-state index in [-0.39, 0.29) is 11.2 Å². The molecule has 1 aromatic carbocycles. The maximum Gasteiger partial charge on any atom is 0.164 e. The van der Waals surface area contributed by atoms with Crippen molar-refractivity contribution < 1.29 is 9.53 Å². The molecule has 0 radical (unpaired) electrons. The number of carbonyl (C=O) groups excluding carboxylic acids is 1. The summed E-state index contributed by atoms with van der Waals surface area (Å²) in [6, 6.07) is 4.02. The number of methoxy groups -OCH3 is 1. The Morgan fingerprint density at radius 2 is 1.77 bits per heavy atom. The van der Waals surface area contributed by atoms with Crippen molar-refractivity contribution in [1.29, 1.82) is 0 Å². The van der Waals surface area contributed by atoms with Crippen molar-refractivity contribution in [2.24, 2.45) is 0 Å². The van der Waals surface area contributed by atoms with Crippen molar-refractivity contribution in [3.05, 3.63) is 28.8 Å². The van der Waals surface area contributed by atoms with E-state index < -0.39 is 0 Å². The lowest BCUT2D eigenvalue weighted by Crippen LogP contribution is -2.26. The first-order chi connectivity index (χ1) is 10.2. The van der Waals surface area contributed by atoms with Crippen molar-refractivity contribution in [3.8, 4) is 5.75 Å². The summed E-state index contributed by atoms with van der Waals surface area (Å²) in [6.07, 6.45) is 0.568. The summed E-state index contributed by atoms with van der Waals surface area (Å²) in [4.78, 5) is 14.9. The molecule has 0 N–H and O–H groups in total. The Balaban J connectivity index is 3.06. The van der Waals surface area contributed by atoms with Gasteiger partial charge in [0, 0.05) is 24.1 Å². The van der Waals surface area contributed by atoms with Crippen LogP contribution in [0.2, 0.25) is 0 Å². The van der Waals surface area contributed by atoms with Crippen LogP contribution < -0.4 is 4.74 Å². The molecule has 0 spiro atoms. The first-order valence-electron chi connectivity index (χ1n) is 8.19. The van der Waals surface area contributed by atoms with Gasteiger partial charge < -0.3 is 9.64 Å². The molecule has 3 heteroatoms. The van der Waals surface area contributed by atoms with E-state index in [2.05, 4.69) is 39.5 Å². The zero-order chi connectivity index (χ0) is 16.9. The minimum Gasteiger partial charge on any atom is -0.496 e. The third-order valence-corrected chi connectivity index (χ3v) is 4.20. The fourth-order valence-corrected chi connectivity index (χ4v) is 2.67. The number of ketones is 1. The molecule has 0 unspecified atom stereocenters. The molecule has 1 aromatic rings. The van der Waals surface area contributed by atoms with Crippen LogP contribution in [0.4, 0.5) is 0 Å². The standard InChI is InChI=1S/C19H31NO2/c1-8-20(9-2)11-10-17(21)15-13-16(19(4,5)6)18(22-7)12-14(15)3/h12-13H,8-11H2,1-7H3. The van der Waals surface area contributed by atoms with Gasteiger partial charge in [-0.3, -0.25) is 4.79 Å². The number of benzene rings is 1. The highest BCUT2D eigenvalue weighted by Crippen LogP contribution is 2.34. The predicted molar refractivity (Wildman–Crippen MR) is 93.2 cm³/mol. The van der Waals surface area contributed by atoms with Crippen molar-refractivity contribution in [3.63, 3.8) is 0 Å². The second-order valence-corrected chi connectivity index (χ2v) is 6.82. The van der Waals surface area contributed by atoms with E-state index in [4.69, 9.17) is 4.74 Å². The summed E-state index contributed by atoms with van der Waals surface area (Å²) in [5, 5.41) is 0. The van der Waals surface area contributed by atoms with Gasteiger partial charge in [0.05, 0.1) is 7.11 Å². The number of hydrogen-bond acceptors (Lipinski definition) is 3. The number of Topliss-reactive ketones (excluding diaryl/α,β-unsaturated/α-hetero) is 1. The van der Waals surface area contributed by atoms with Crippen LogP contribution in [0.15, 0.2) is 12.1 Å². The Bertz CT molecular complexity index is 511. The number of carbonyl (C=O) groups is 1. The lowest BCUT2D eigenvalue weighted by molar-refractivity contribution is 0.0965. The van der Waals surface area contributed by atoms with Gasteiger partial charge in [-0.1, -0.05) is 34.6 Å². The summed E-state index contributed by atoms with van der Waals surface area (Å²) in [5.74, 6) is 1.09. The van der Waals surface area contributed by atoms with E-state index in [0.717, 1.165) is 42.1 Å². The van der Waals surface area contributed by atoms with E-state index in [1.807, 2.05) is 19.1 Å². The van der Waals surface area contributed by atoms with Crippen LogP contribution >= 0.6 is 0 Å². The van der Waals surface area contributed by atoms with Crippen molar-refractivity contribution in [2.75, 3.05) is 26.7 Å². The average Bonchev–Trinajstić information content (AvgIpc) is 2.46. The molecule has 0 heterocycles. The zero-order valence-electron chi connectivity index (χ0n) is 15.2. The highest BCUT2D eigenvalue weighted by molar-refractivity contribution is 5.98. The maximum atomic E-state index is 12.6. The van der Waals surface area contributed by atoms with Crippen LogP contribution in [0.3, 0.4) is 0 Å². The van der Waals surface area contributed by atoms with Gasteiger partial charge in [0.1, 0.15) is 5.75 Å². The van der Waals surface area contributed by atoms with Crippen molar-refractivity contribution >= 4 is 5.78 Å². The highest BCUT2D eigenvalue weighted by atomic mass is 16.5. The van der Waals surface area contributed by atoms with E-state index in [1.54, 1.807) is 7.11 Å². The maximum absolute atomic E-state index is 12.6. The monoisotopic (exact) mass is 305 g/mol. The lowest BCUT2D eigenvalue weighted by Gasteiger charge is -2.24. The van der Waals surface area contributed by atoms with Crippen LogP contribution in [-0.4, -0.2) is 37.4 Å². The van der Waals surface area contributed by atoms with Crippen molar-refractivity contribution in [1.82, 2.24) is 4.90 Å². The highest BCUT2D eigenvalue weighted by Gasteiger charge is 2.22. The van der Waals surface area contributed by atoms with Crippen LogP contribution in [0.1, 0.15) is 62.5 Å². The fraction of sp³-hybridized carbons (Fsp3) is 0.632. The smallest absolute Gasteiger partial charge is 0.164 e. The third-order valence-electron chi connectivity index (χ3n) is 4.20. The molecule has 3 nitrogen and oxygen atoms in total. The molecular weight excluding hydrogens is 274 g/mol. The Kier molecular flexibility index (Phi) is 6.61. The summed E-state index contributed by atoms with van der Waals surface area (Å²) < 4.78 is 5.50. The number of nitrogens with zero attached hydrogens (tertiary/aromatic N) is 1. The van der Waals surface area contributed by atoms with Gasteiger partial charge in [-0.25, -0.2) is 0 Å². The molecule has 124 valence electrons. The van der Waals surface area contributed by atoms with Crippen LogP contribution in [-0.2, 0) is 5.41 Å². The van der Waals surface area contributed by atoms with Gasteiger partial charge in [0.15, 0.2) is 5.78 Å². The Hall–Kier alpha value is -1.35. The zero-order valence-corrected chi connectivity index (χ0v) is 15.2. The molecule has 22 heavy (non-hydrogen) atoms. The molecule has 0 aliphatic rings. The second kappa shape index (κ2) is 7.77. The predicted octanol–water partition coefficient (Wildman–Crippen LogP) is 4.22. The van der Waals surface area contributed by atoms with Crippen molar-refractivity contribution in [2.45, 2.75) is 53.4 Å². The van der Waals surface area contributed by atoms with Gasteiger partial charge in [0.25, 0.3) is 0 Å². The topological polar surface area (TPSA) is 29.5 Å². The van der Waals surface area contributed by atoms with Crippen LogP contribution in [0, 0.1) is 6.92 Å². The molecule has 0 amide bonds. The third kappa shape index (κ3) is 4.57. The molecule has 0 fully saturated rings. The summed E-state index contributed by atoms with van der Waals surface area (Å²) in [6.45, 7) is 15.5. The van der Waals surface area contributed by atoms with E-state index in [9.17, 15) is 4.79 Å². The average molecular weight is 305 g/mol. The Morgan fingerprint density at radius 3 is 2.23 bits per heavy atom. The summed E-state index contributed by atoms with van der Waals surface area (Å²) in [5.41, 5.74) is 2.87. The van der Waals surface area contributed by atoms with Gasteiger partial charge in [-0.15, -0.1) is 0 Å². The second-order valence-electron chi connectivity index (χ2n) is 6.82. The first kappa shape index (κ1) is 18.7. The van der Waals surface area contributed by atoms with E-state index in [1.165, 1.54) is 0 Å². The summed E-state index contributed by atoms with van der Waals surface area (Å²) >= 11 is 0. The van der Waals surface area contributed by atoms with E-state index in [0.29, 0.717) is 6.42 Å². The number of aryl methyl sites for hydroxylation is 1. The summed E-state index contributed by atoms with van der Waals surface area (Å²) in [7, 11) is 1.69. The first-order valence-corrected chi connectivity index (χ1v) is 8.19. The molecule has 0 aromatic heterocycles.